The predicted molar refractivity (Wildman–Crippen MR) is 98.9 cm³/mol. The SMILES string of the molecule is CC(O)Cc1ccccc1.c1ccc(N=Nc2ccccc2)cc1. The Morgan fingerprint density at radius 2 is 1.04 bits per heavy atom. The number of rotatable bonds is 4. The van der Waals surface area contributed by atoms with Crippen LogP contribution in [0.25, 0.3) is 0 Å². The van der Waals surface area contributed by atoms with Gasteiger partial charge in [0.15, 0.2) is 0 Å². The third-order valence-corrected chi connectivity index (χ3v) is 3.17. The molecule has 0 spiro atoms. The fraction of sp³-hybridized carbons (Fsp3) is 0.143. The van der Waals surface area contributed by atoms with Crippen LogP contribution in [0, 0.1) is 0 Å². The number of nitrogens with zero attached hydrogens (tertiary/aromatic N) is 2. The summed E-state index contributed by atoms with van der Waals surface area (Å²) in [6, 6.07) is 29.4. The Morgan fingerprint density at radius 1 is 0.667 bits per heavy atom. The van der Waals surface area contributed by atoms with Crippen molar-refractivity contribution < 1.29 is 5.11 Å². The molecule has 0 aromatic heterocycles. The molecule has 0 saturated heterocycles. The Bertz CT molecular complexity index is 669. The van der Waals surface area contributed by atoms with E-state index < -0.39 is 0 Å². The molecule has 0 bridgehead atoms. The highest BCUT2D eigenvalue weighted by Crippen LogP contribution is 2.16. The summed E-state index contributed by atoms with van der Waals surface area (Å²) in [5, 5.41) is 17.2. The maximum absolute atomic E-state index is 9.01. The van der Waals surface area contributed by atoms with E-state index in [1.807, 2.05) is 91.0 Å². The van der Waals surface area contributed by atoms with Crippen molar-refractivity contribution in [3.63, 3.8) is 0 Å². The van der Waals surface area contributed by atoms with Gasteiger partial charge in [0.2, 0.25) is 0 Å². The van der Waals surface area contributed by atoms with Gasteiger partial charge in [0.1, 0.15) is 0 Å². The number of benzene rings is 3. The summed E-state index contributed by atoms with van der Waals surface area (Å²) in [7, 11) is 0. The third-order valence-electron chi connectivity index (χ3n) is 3.17. The van der Waals surface area contributed by atoms with Gasteiger partial charge in [0.05, 0.1) is 17.5 Å². The predicted octanol–water partition coefficient (Wildman–Crippen LogP) is 5.71. The second-order valence-electron chi connectivity index (χ2n) is 5.41. The van der Waals surface area contributed by atoms with Gasteiger partial charge < -0.3 is 5.11 Å². The molecule has 0 aliphatic heterocycles. The van der Waals surface area contributed by atoms with E-state index in [4.69, 9.17) is 5.11 Å². The molecule has 1 N–H and O–H groups in total. The zero-order chi connectivity index (χ0) is 17.0. The van der Waals surface area contributed by atoms with E-state index in [1.54, 1.807) is 6.92 Å². The van der Waals surface area contributed by atoms with E-state index in [9.17, 15) is 0 Å². The molecule has 122 valence electrons. The highest BCUT2D eigenvalue weighted by atomic mass is 16.3. The second-order valence-corrected chi connectivity index (χ2v) is 5.41. The van der Waals surface area contributed by atoms with Crippen molar-refractivity contribution in [1.82, 2.24) is 0 Å². The van der Waals surface area contributed by atoms with Crippen LogP contribution in [0.3, 0.4) is 0 Å². The summed E-state index contributed by atoms with van der Waals surface area (Å²) < 4.78 is 0. The zero-order valence-corrected chi connectivity index (χ0v) is 13.8. The fourth-order valence-corrected chi connectivity index (χ4v) is 2.06. The van der Waals surface area contributed by atoms with Gasteiger partial charge >= 0.3 is 0 Å². The molecule has 24 heavy (non-hydrogen) atoms. The van der Waals surface area contributed by atoms with Crippen LogP contribution < -0.4 is 0 Å². The topological polar surface area (TPSA) is 45.0 Å². The van der Waals surface area contributed by atoms with Gasteiger partial charge in [-0.05, 0) is 43.2 Å². The number of hydrogen-bond acceptors (Lipinski definition) is 3. The Hall–Kier alpha value is -2.78. The van der Waals surface area contributed by atoms with Gasteiger partial charge in [0.25, 0.3) is 0 Å². The Kier molecular flexibility index (Phi) is 7.38. The first-order valence-corrected chi connectivity index (χ1v) is 7.98. The standard InChI is InChI=1S/C12H10N2.C9H12O/c1-3-7-11(8-4-1)13-14-12-9-5-2-6-10-12;1-8(10)7-9-5-3-2-4-6-9/h1-10H;2-6,8,10H,7H2,1H3. The summed E-state index contributed by atoms with van der Waals surface area (Å²) in [6.07, 6.45) is 0.517. The molecule has 3 aromatic carbocycles. The summed E-state index contributed by atoms with van der Waals surface area (Å²) in [4.78, 5) is 0. The first kappa shape index (κ1) is 17.6. The molecule has 0 heterocycles. The van der Waals surface area contributed by atoms with Crippen LogP contribution in [0.1, 0.15) is 12.5 Å². The Balaban J connectivity index is 0.000000185. The molecule has 3 nitrogen and oxygen atoms in total. The minimum atomic E-state index is -0.234. The van der Waals surface area contributed by atoms with Crippen molar-refractivity contribution in [2.24, 2.45) is 10.2 Å². The van der Waals surface area contributed by atoms with Crippen LogP contribution >= 0.6 is 0 Å². The maximum atomic E-state index is 9.01. The first-order valence-electron chi connectivity index (χ1n) is 7.98. The van der Waals surface area contributed by atoms with Crippen molar-refractivity contribution in [2.45, 2.75) is 19.4 Å². The van der Waals surface area contributed by atoms with Gasteiger partial charge in [-0.15, -0.1) is 0 Å². The minimum Gasteiger partial charge on any atom is -0.393 e. The van der Waals surface area contributed by atoms with Gasteiger partial charge in [0, 0.05) is 0 Å². The number of aliphatic hydroxyl groups is 1. The molecular weight excluding hydrogens is 296 g/mol. The second kappa shape index (κ2) is 10.1. The molecule has 0 fully saturated rings. The summed E-state index contributed by atoms with van der Waals surface area (Å²) in [6.45, 7) is 1.80. The van der Waals surface area contributed by atoms with Crippen LogP contribution in [0.15, 0.2) is 101 Å². The molecule has 3 aromatic rings. The van der Waals surface area contributed by atoms with Gasteiger partial charge in [-0.1, -0.05) is 66.7 Å². The highest BCUT2D eigenvalue weighted by molar-refractivity contribution is 5.39. The van der Waals surface area contributed by atoms with Crippen LogP contribution in [0.5, 0.6) is 0 Å². The van der Waals surface area contributed by atoms with E-state index in [1.165, 1.54) is 5.56 Å². The largest absolute Gasteiger partial charge is 0.393 e. The van der Waals surface area contributed by atoms with E-state index in [-0.39, 0.29) is 6.10 Å². The quantitative estimate of drug-likeness (QED) is 0.615. The number of azo groups is 1. The Morgan fingerprint density at radius 3 is 1.42 bits per heavy atom. The molecule has 3 heteroatoms. The summed E-state index contributed by atoms with van der Waals surface area (Å²) in [5.74, 6) is 0. The van der Waals surface area contributed by atoms with Crippen LogP contribution in [-0.2, 0) is 6.42 Å². The van der Waals surface area contributed by atoms with Crippen molar-refractivity contribution in [1.29, 1.82) is 0 Å². The lowest BCUT2D eigenvalue weighted by atomic mass is 10.1. The molecule has 3 rings (SSSR count). The Labute approximate surface area is 143 Å². The summed E-state index contributed by atoms with van der Waals surface area (Å²) in [5.41, 5.74) is 2.94. The average molecular weight is 318 g/mol. The first-order chi connectivity index (χ1) is 11.7. The van der Waals surface area contributed by atoms with Crippen LogP contribution in [0.4, 0.5) is 11.4 Å². The summed E-state index contributed by atoms with van der Waals surface area (Å²) >= 11 is 0. The van der Waals surface area contributed by atoms with Gasteiger partial charge in [-0.2, -0.15) is 10.2 Å². The lowest BCUT2D eigenvalue weighted by Gasteiger charge is -2.01. The van der Waals surface area contributed by atoms with Crippen LogP contribution in [-0.4, -0.2) is 11.2 Å². The number of hydrogen-bond donors (Lipinski definition) is 1. The van der Waals surface area contributed by atoms with E-state index in [0.29, 0.717) is 0 Å². The molecule has 0 amide bonds. The molecule has 1 atom stereocenters. The normalized spacial score (nSPS) is 11.6. The highest BCUT2D eigenvalue weighted by Gasteiger charge is 1.95. The smallest absolute Gasteiger partial charge is 0.0857 e. The van der Waals surface area contributed by atoms with Crippen molar-refractivity contribution in [3.05, 3.63) is 96.6 Å². The molecular formula is C21H22N2O. The van der Waals surface area contributed by atoms with Crippen molar-refractivity contribution in [2.75, 3.05) is 0 Å². The van der Waals surface area contributed by atoms with Crippen molar-refractivity contribution >= 4 is 11.4 Å². The third kappa shape index (κ3) is 6.99. The molecule has 0 aliphatic rings. The van der Waals surface area contributed by atoms with Gasteiger partial charge in [-0.3, -0.25) is 0 Å². The maximum Gasteiger partial charge on any atom is 0.0857 e. The molecule has 0 radical (unpaired) electrons. The monoisotopic (exact) mass is 318 g/mol. The fourth-order valence-electron chi connectivity index (χ4n) is 2.06. The lowest BCUT2D eigenvalue weighted by Crippen LogP contribution is -2.03. The molecule has 0 saturated carbocycles. The molecule has 1 unspecified atom stereocenters. The van der Waals surface area contributed by atoms with E-state index >= 15 is 0 Å². The average Bonchev–Trinajstić information content (AvgIpc) is 2.63. The number of aliphatic hydroxyl groups excluding tert-OH is 1. The zero-order valence-electron chi connectivity index (χ0n) is 13.8. The van der Waals surface area contributed by atoms with Crippen molar-refractivity contribution in [3.8, 4) is 0 Å². The van der Waals surface area contributed by atoms with E-state index in [2.05, 4.69) is 10.2 Å². The van der Waals surface area contributed by atoms with E-state index in [0.717, 1.165) is 17.8 Å². The van der Waals surface area contributed by atoms with Gasteiger partial charge in [-0.25, -0.2) is 0 Å². The van der Waals surface area contributed by atoms with Crippen LogP contribution in [0.2, 0.25) is 0 Å². The lowest BCUT2D eigenvalue weighted by molar-refractivity contribution is 0.195. The molecule has 0 aliphatic carbocycles. The minimum absolute atomic E-state index is 0.234.